The first kappa shape index (κ1) is 22.8. The standard InChI is InChI=1S/C24H26ClNO5/c1-15(2)31-13-5-12-26-21(16-8-10-18(25)11-9-16)20(23(28)24(26)29)22(27)17-6-4-7-19(14-17)30-3/h4,6-11,14-15,21,27H,5,12-13H2,1-3H3/b22-20-. The monoisotopic (exact) mass is 443 g/mol. The fourth-order valence-electron chi connectivity index (χ4n) is 3.58. The number of rotatable bonds is 8. The van der Waals surface area contributed by atoms with E-state index >= 15 is 0 Å². The number of ketones is 1. The van der Waals surface area contributed by atoms with E-state index in [2.05, 4.69) is 0 Å². The van der Waals surface area contributed by atoms with E-state index < -0.39 is 17.7 Å². The van der Waals surface area contributed by atoms with Crippen LogP contribution in [0.2, 0.25) is 5.02 Å². The molecule has 1 amide bonds. The van der Waals surface area contributed by atoms with Crippen molar-refractivity contribution in [3.63, 3.8) is 0 Å². The van der Waals surface area contributed by atoms with Gasteiger partial charge in [0, 0.05) is 23.7 Å². The summed E-state index contributed by atoms with van der Waals surface area (Å²) < 4.78 is 10.8. The zero-order chi connectivity index (χ0) is 22.5. The van der Waals surface area contributed by atoms with Crippen LogP contribution in [0.25, 0.3) is 5.76 Å². The zero-order valence-electron chi connectivity index (χ0n) is 17.8. The van der Waals surface area contributed by atoms with Crippen molar-refractivity contribution in [3.05, 3.63) is 70.3 Å². The smallest absolute Gasteiger partial charge is 0.295 e. The van der Waals surface area contributed by atoms with Gasteiger partial charge in [0.15, 0.2) is 0 Å². The topological polar surface area (TPSA) is 76.1 Å². The Labute approximate surface area is 187 Å². The fourth-order valence-corrected chi connectivity index (χ4v) is 3.71. The maximum absolute atomic E-state index is 13.0. The third-order valence-corrected chi connectivity index (χ3v) is 5.32. The van der Waals surface area contributed by atoms with E-state index in [1.807, 2.05) is 13.8 Å². The first-order valence-corrected chi connectivity index (χ1v) is 10.5. The molecule has 1 N–H and O–H groups in total. The summed E-state index contributed by atoms with van der Waals surface area (Å²) in [4.78, 5) is 27.4. The minimum absolute atomic E-state index is 0.0466. The van der Waals surface area contributed by atoms with Crippen LogP contribution in [0, 0.1) is 0 Å². The van der Waals surface area contributed by atoms with Crippen molar-refractivity contribution < 1.29 is 24.2 Å². The molecule has 0 aromatic heterocycles. The number of ether oxygens (including phenoxy) is 2. The molecule has 1 heterocycles. The molecule has 3 rings (SSSR count). The third kappa shape index (κ3) is 5.09. The van der Waals surface area contributed by atoms with Gasteiger partial charge in [-0.1, -0.05) is 35.9 Å². The average molecular weight is 444 g/mol. The Hall–Kier alpha value is -2.83. The van der Waals surface area contributed by atoms with Gasteiger partial charge in [0.1, 0.15) is 11.5 Å². The lowest BCUT2D eigenvalue weighted by Gasteiger charge is -2.25. The summed E-state index contributed by atoms with van der Waals surface area (Å²) in [7, 11) is 1.52. The highest BCUT2D eigenvalue weighted by Crippen LogP contribution is 2.40. The number of Topliss-reactive ketones (excluding diaryl/α,β-unsaturated/α-hetero) is 1. The maximum atomic E-state index is 13.0. The van der Waals surface area contributed by atoms with Crippen molar-refractivity contribution in [2.24, 2.45) is 0 Å². The van der Waals surface area contributed by atoms with E-state index in [9.17, 15) is 14.7 Å². The van der Waals surface area contributed by atoms with E-state index in [0.717, 1.165) is 0 Å². The molecule has 164 valence electrons. The van der Waals surface area contributed by atoms with Crippen LogP contribution in [-0.2, 0) is 14.3 Å². The van der Waals surface area contributed by atoms with Crippen LogP contribution in [0.5, 0.6) is 5.75 Å². The minimum atomic E-state index is -0.720. The second-order valence-electron chi connectivity index (χ2n) is 7.55. The Kier molecular flexibility index (Phi) is 7.36. The normalized spacial score (nSPS) is 18.1. The Morgan fingerprint density at radius 1 is 1.16 bits per heavy atom. The van der Waals surface area contributed by atoms with Crippen molar-refractivity contribution in [3.8, 4) is 5.75 Å². The van der Waals surface area contributed by atoms with Crippen LogP contribution in [0.4, 0.5) is 0 Å². The molecule has 1 atom stereocenters. The number of hydrogen-bond acceptors (Lipinski definition) is 5. The predicted octanol–water partition coefficient (Wildman–Crippen LogP) is 4.59. The van der Waals surface area contributed by atoms with Crippen molar-refractivity contribution >= 4 is 29.1 Å². The lowest BCUT2D eigenvalue weighted by molar-refractivity contribution is -0.140. The van der Waals surface area contributed by atoms with Gasteiger partial charge < -0.3 is 19.5 Å². The highest BCUT2D eigenvalue weighted by Gasteiger charge is 2.45. The SMILES string of the molecule is COc1cccc(/C(O)=C2/C(=O)C(=O)N(CCCOC(C)C)C2c2ccc(Cl)cc2)c1. The zero-order valence-corrected chi connectivity index (χ0v) is 18.6. The molecule has 0 bridgehead atoms. The quantitative estimate of drug-likeness (QED) is 0.279. The van der Waals surface area contributed by atoms with Gasteiger partial charge in [0.2, 0.25) is 0 Å². The molecule has 31 heavy (non-hydrogen) atoms. The number of hydrogen-bond donors (Lipinski definition) is 1. The molecule has 6 nitrogen and oxygen atoms in total. The molecule has 0 radical (unpaired) electrons. The maximum Gasteiger partial charge on any atom is 0.295 e. The highest BCUT2D eigenvalue weighted by molar-refractivity contribution is 6.46. The number of halogens is 1. The van der Waals surface area contributed by atoms with Gasteiger partial charge in [0.05, 0.1) is 24.8 Å². The molecule has 1 fully saturated rings. The van der Waals surface area contributed by atoms with Gasteiger partial charge in [-0.25, -0.2) is 0 Å². The average Bonchev–Trinajstić information content (AvgIpc) is 3.01. The van der Waals surface area contributed by atoms with Gasteiger partial charge >= 0.3 is 0 Å². The molecule has 0 aliphatic carbocycles. The van der Waals surface area contributed by atoms with E-state index in [1.165, 1.54) is 12.0 Å². The van der Waals surface area contributed by atoms with E-state index in [-0.39, 0.29) is 17.4 Å². The second kappa shape index (κ2) is 9.98. The third-order valence-electron chi connectivity index (χ3n) is 5.06. The summed E-state index contributed by atoms with van der Waals surface area (Å²) in [5.74, 6) is -1.07. The molecule has 0 spiro atoms. The first-order valence-electron chi connectivity index (χ1n) is 10.1. The number of carbonyl (C=O) groups excluding carboxylic acids is 2. The van der Waals surface area contributed by atoms with Crippen LogP contribution < -0.4 is 4.74 Å². The largest absolute Gasteiger partial charge is 0.507 e. The van der Waals surface area contributed by atoms with Crippen molar-refractivity contribution in [1.82, 2.24) is 4.90 Å². The van der Waals surface area contributed by atoms with Gasteiger partial charge in [-0.2, -0.15) is 0 Å². The number of benzene rings is 2. The molecule has 2 aromatic rings. The van der Waals surface area contributed by atoms with Crippen LogP contribution >= 0.6 is 11.6 Å². The molecular formula is C24H26ClNO5. The summed E-state index contributed by atoms with van der Waals surface area (Å²) in [6, 6.07) is 12.9. The Morgan fingerprint density at radius 3 is 2.52 bits per heavy atom. The van der Waals surface area contributed by atoms with E-state index in [0.29, 0.717) is 41.5 Å². The fraction of sp³-hybridized carbons (Fsp3) is 0.333. The number of aliphatic hydroxyl groups excluding tert-OH is 1. The van der Waals surface area contributed by atoms with E-state index in [4.69, 9.17) is 21.1 Å². The number of nitrogens with zero attached hydrogens (tertiary/aromatic N) is 1. The Morgan fingerprint density at radius 2 is 1.87 bits per heavy atom. The molecule has 1 aliphatic rings. The van der Waals surface area contributed by atoms with Gasteiger partial charge in [-0.05, 0) is 50.1 Å². The first-order chi connectivity index (χ1) is 14.8. The van der Waals surface area contributed by atoms with Gasteiger partial charge in [-0.15, -0.1) is 0 Å². The summed E-state index contributed by atoms with van der Waals surface area (Å²) in [6.07, 6.45) is 0.643. The summed E-state index contributed by atoms with van der Waals surface area (Å²) in [5, 5.41) is 11.6. The summed E-state index contributed by atoms with van der Waals surface area (Å²) >= 11 is 6.03. The Bertz CT molecular complexity index is 984. The van der Waals surface area contributed by atoms with E-state index in [1.54, 1.807) is 48.5 Å². The summed E-state index contributed by atoms with van der Waals surface area (Å²) in [6.45, 7) is 4.66. The van der Waals surface area contributed by atoms with Gasteiger partial charge in [-0.3, -0.25) is 9.59 Å². The van der Waals surface area contributed by atoms with Crippen LogP contribution in [0.3, 0.4) is 0 Å². The van der Waals surface area contributed by atoms with Gasteiger partial charge in [0.25, 0.3) is 11.7 Å². The molecule has 1 unspecified atom stereocenters. The molecule has 2 aromatic carbocycles. The van der Waals surface area contributed by atoms with Crippen molar-refractivity contribution in [2.45, 2.75) is 32.4 Å². The van der Waals surface area contributed by atoms with Crippen LogP contribution in [0.1, 0.15) is 37.4 Å². The van der Waals surface area contributed by atoms with Crippen molar-refractivity contribution in [2.75, 3.05) is 20.3 Å². The van der Waals surface area contributed by atoms with Crippen LogP contribution in [0.15, 0.2) is 54.1 Å². The number of amides is 1. The lowest BCUT2D eigenvalue weighted by Crippen LogP contribution is -2.31. The lowest BCUT2D eigenvalue weighted by atomic mass is 9.95. The number of likely N-dealkylation sites (tertiary alicyclic amines) is 1. The Balaban J connectivity index is 2.03. The number of carbonyl (C=O) groups is 2. The second-order valence-corrected chi connectivity index (χ2v) is 7.99. The number of methoxy groups -OCH3 is 1. The molecule has 7 heteroatoms. The number of aliphatic hydroxyl groups is 1. The molecular weight excluding hydrogens is 418 g/mol. The summed E-state index contributed by atoms with van der Waals surface area (Å²) in [5.41, 5.74) is 1.14. The highest BCUT2D eigenvalue weighted by atomic mass is 35.5. The molecule has 0 saturated carbocycles. The predicted molar refractivity (Wildman–Crippen MR) is 119 cm³/mol. The minimum Gasteiger partial charge on any atom is -0.507 e. The molecule has 1 aliphatic heterocycles. The molecule has 1 saturated heterocycles. The van der Waals surface area contributed by atoms with Crippen LogP contribution in [-0.4, -0.2) is 48.1 Å². The van der Waals surface area contributed by atoms with Crippen molar-refractivity contribution in [1.29, 1.82) is 0 Å².